The van der Waals surface area contributed by atoms with Gasteiger partial charge in [-0.3, -0.25) is 9.48 Å². The van der Waals surface area contributed by atoms with E-state index in [4.69, 9.17) is 0 Å². The van der Waals surface area contributed by atoms with Gasteiger partial charge < -0.3 is 4.90 Å². The van der Waals surface area contributed by atoms with Gasteiger partial charge in [-0.15, -0.1) is 0 Å². The average molecular weight is 291 g/mol. The smallest absolute Gasteiger partial charge is 0.325 e. The molecule has 1 amide bonds. The number of rotatable bonds is 4. The molecule has 0 aliphatic carbocycles. The summed E-state index contributed by atoms with van der Waals surface area (Å²) >= 11 is 0. The average Bonchev–Trinajstić information content (AvgIpc) is 2.63. The number of nitrogens with zero attached hydrogens (tertiary/aromatic N) is 3. The van der Waals surface area contributed by atoms with Crippen LogP contribution in [0.3, 0.4) is 0 Å². The third-order valence-electron chi connectivity index (χ3n) is 3.40. The summed E-state index contributed by atoms with van der Waals surface area (Å²) in [5.41, 5.74) is 0.763. The molecule has 0 fully saturated rings. The van der Waals surface area contributed by atoms with E-state index in [0.29, 0.717) is 0 Å². The number of carbonyl (C=O) groups is 1. The van der Waals surface area contributed by atoms with Gasteiger partial charge in [-0.2, -0.15) is 18.3 Å². The Labute approximate surface area is 116 Å². The van der Waals surface area contributed by atoms with Gasteiger partial charge in [-0.1, -0.05) is 13.8 Å². The molecular formula is C13H20F3N3O. The summed E-state index contributed by atoms with van der Waals surface area (Å²) in [6.45, 7) is 5.66. The Balaban J connectivity index is 3.06. The first kappa shape index (κ1) is 16.5. The van der Waals surface area contributed by atoms with Crippen molar-refractivity contribution in [3.63, 3.8) is 0 Å². The Morgan fingerprint density at radius 2 is 1.95 bits per heavy atom. The molecule has 0 bridgehead atoms. The first-order chi connectivity index (χ1) is 9.03. The lowest BCUT2D eigenvalue weighted by molar-refractivity contribution is -0.145. The molecular weight excluding hydrogens is 271 g/mol. The van der Waals surface area contributed by atoms with E-state index in [1.807, 2.05) is 0 Å². The maximum absolute atomic E-state index is 12.7. The van der Waals surface area contributed by atoms with Gasteiger partial charge in [0, 0.05) is 18.8 Å². The SMILES string of the molecule is Cc1cc(C(=O)N(CC(F)(F)F)[C@@H](C)C(C)C)nn1C. The summed E-state index contributed by atoms with van der Waals surface area (Å²) in [5, 5.41) is 3.96. The van der Waals surface area contributed by atoms with Gasteiger partial charge in [-0.05, 0) is 25.8 Å². The summed E-state index contributed by atoms with van der Waals surface area (Å²) in [6.07, 6.45) is -4.43. The van der Waals surface area contributed by atoms with Crippen molar-refractivity contribution in [1.29, 1.82) is 0 Å². The van der Waals surface area contributed by atoms with E-state index >= 15 is 0 Å². The predicted octanol–water partition coefficient (Wildman–Crippen LogP) is 2.78. The van der Waals surface area contributed by atoms with Crippen molar-refractivity contribution in [2.24, 2.45) is 13.0 Å². The lowest BCUT2D eigenvalue weighted by Gasteiger charge is -2.32. The van der Waals surface area contributed by atoms with Gasteiger partial charge in [0.15, 0.2) is 5.69 Å². The van der Waals surface area contributed by atoms with Crippen molar-refractivity contribution in [3.05, 3.63) is 17.5 Å². The normalized spacial score (nSPS) is 13.7. The van der Waals surface area contributed by atoms with Gasteiger partial charge in [-0.25, -0.2) is 0 Å². The van der Waals surface area contributed by atoms with E-state index in [0.717, 1.165) is 10.6 Å². The second kappa shape index (κ2) is 5.85. The summed E-state index contributed by atoms with van der Waals surface area (Å²) in [4.78, 5) is 13.1. The zero-order valence-electron chi connectivity index (χ0n) is 12.3. The van der Waals surface area contributed by atoms with Crippen LogP contribution in [0.5, 0.6) is 0 Å². The molecule has 7 heteroatoms. The van der Waals surface area contributed by atoms with E-state index in [1.165, 1.54) is 10.7 Å². The first-order valence-electron chi connectivity index (χ1n) is 6.41. The van der Waals surface area contributed by atoms with Crippen molar-refractivity contribution >= 4 is 5.91 Å². The molecule has 20 heavy (non-hydrogen) atoms. The van der Waals surface area contributed by atoms with Gasteiger partial charge in [0.05, 0.1) is 0 Å². The molecule has 1 aromatic rings. The molecule has 0 radical (unpaired) electrons. The van der Waals surface area contributed by atoms with E-state index in [9.17, 15) is 18.0 Å². The van der Waals surface area contributed by atoms with E-state index in [1.54, 1.807) is 34.7 Å². The summed E-state index contributed by atoms with van der Waals surface area (Å²) in [5.74, 6) is -0.765. The number of hydrogen-bond acceptors (Lipinski definition) is 2. The maximum atomic E-state index is 12.7. The highest BCUT2D eigenvalue weighted by Gasteiger charge is 2.37. The molecule has 0 aliphatic rings. The lowest BCUT2D eigenvalue weighted by atomic mass is 10.0. The Kier molecular flexibility index (Phi) is 4.83. The van der Waals surface area contributed by atoms with Crippen molar-refractivity contribution in [2.75, 3.05) is 6.54 Å². The molecule has 1 aromatic heterocycles. The molecule has 0 saturated heterocycles. The predicted molar refractivity (Wildman–Crippen MR) is 69.3 cm³/mol. The second-order valence-electron chi connectivity index (χ2n) is 5.33. The van der Waals surface area contributed by atoms with Gasteiger partial charge in [0.2, 0.25) is 0 Å². The highest BCUT2D eigenvalue weighted by atomic mass is 19.4. The first-order valence-corrected chi connectivity index (χ1v) is 6.41. The molecule has 0 saturated carbocycles. The number of aryl methyl sites for hydroxylation is 2. The zero-order chi connectivity index (χ0) is 15.7. The molecule has 0 aliphatic heterocycles. The highest BCUT2D eigenvalue weighted by Crippen LogP contribution is 2.22. The molecule has 0 spiro atoms. The number of aromatic nitrogens is 2. The number of amides is 1. The van der Waals surface area contributed by atoms with E-state index < -0.39 is 24.7 Å². The minimum absolute atomic E-state index is 0.0433. The van der Waals surface area contributed by atoms with E-state index in [2.05, 4.69) is 5.10 Å². The summed E-state index contributed by atoms with van der Waals surface area (Å²) in [6, 6.07) is 0.977. The number of carbonyl (C=O) groups excluding carboxylic acids is 1. The number of halogens is 3. The Bertz CT molecular complexity index is 460. The molecule has 1 heterocycles. The zero-order valence-corrected chi connectivity index (χ0v) is 12.3. The van der Waals surface area contributed by atoms with Crippen LogP contribution in [0, 0.1) is 12.8 Å². The van der Waals surface area contributed by atoms with Crippen LogP contribution in [0.4, 0.5) is 13.2 Å². The van der Waals surface area contributed by atoms with Crippen LogP contribution in [0.15, 0.2) is 6.07 Å². The third kappa shape index (κ3) is 3.98. The number of hydrogen-bond donors (Lipinski definition) is 0. The van der Waals surface area contributed by atoms with Crippen molar-refractivity contribution in [3.8, 4) is 0 Å². The minimum atomic E-state index is -4.43. The van der Waals surface area contributed by atoms with Crippen molar-refractivity contribution in [1.82, 2.24) is 14.7 Å². The molecule has 0 unspecified atom stereocenters. The van der Waals surface area contributed by atoms with Crippen LogP contribution in [0.1, 0.15) is 37.0 Å². The molecule has 1 atom stereocenters. The van der Waals surface area contributed by atoms with E-state index in [-0.39, 0.29) is 11.6 Å². The molecule has 0 aromatic carbocycles. The van der Waals surface area contributed by atoms with Crippen LogP contribution in [0.25, 0.3) is 0 Å². The fourth-order valence-electron chi connectivity index (χ4n) is 1.77. The second-order valence-corrected chi connectivity index (χ2v) is 5.33. The Morgan fingerprint density at radius 1 is 1.40 bits per heavy atom. The lowest BCUT2D eigenvalue weighted by Crippen LogP contribution is -2.46. The van der Waals surface area contributed by atoms with Crippen molar-refractivity contribution in [2.45, 2.75) is 39.9 Å². The Morgan fingerprint density at radius 3 is 2.30 bits per heavy atom. The minimum Gasteiger partial charge on any atom is -0.325 e. The maximum Gasteiger partial charge on any atom is 0.406 e. The van der Waals surface area contributed by atoms with Gasteiger partial charge in [0.1, 0.15) is 6.54 Å². The van der Waals surface area contributed by atoms with Crippen LogP contribution < -0.4 is 0 Å². The molecule has 0 N–H and O–H groups in total. The third-order valence-corrected chi connectivity index (χ3v) is 3.40. The van der Waals surface area contributed by atoms with Crippen molar-refractivity contribution < 1.29 is 18.0 Å². The number of alkyl halides is 3. The quantitative estimate of drug-likeness (QED) is 0.855. The topological polar surface area (TPSA) is 38.1 Å². The fraction of sp³-hybridized carbons (Fsp3) is 0.692. The van der Waals surface area contributed by atoms with Crippen LogP contribution in [0.2, 0.25) is 0 Å². The van der Waals surface area contributed by atoms with Crippen LogP contribution in [-0.4, -0.2) is 39.4 Å². The molecule has 4 nitrogen and oxygen atoms in total. The summed E-state index contributed by atoms with van der Waals surface area (Å²) < 4.78 is 39.5. The Hall–Kier alpha value is -1.53. The molecule has 1 rings (SSSR count). The highest BCUT2D eigenvalue weighted by molar-refractivity contribution is 5.92. The van der Waals surface area contributed by atoms with Crippen LogP contribution in [-0.2, 0) is 7.05 Å². The summed E-state index contributed by atoms with van der Waals surface area (Å²) in [7, 11) is 1.64. The largest absolute Gasteiger partial charge is 0.406 e. The standard InChI is InChI=1S/C13H20F3N3O/c1-8(2)10(4)19(7-13(14,15)16)12(20)11-6-9(3)18(5)17-11/h6,8,10H,7H2,1-5H3/t10-/m0/s1. The fourth-order valence-corrected chi connectivity index (χ4v) is 1.77. The van der Waals surface area contributed by atoms with Crippen LogP contribution >= 0.6 is 0 Å². The van der Waals surface area contributed by atoms with Gasteiger partial charge >= 0.3 is 6.18 Å². The van der Waals surface area contributed by atoms with Gasteiger partial charge in [0.25, 0.3) is 5.91 Å². The molecule has 114 valence electrons. The monoisotopic (exact) mass is 291 g/mol.